The molecule has 27 heavy (non-hydrogen) atoms. The second-order valence-corrected chi connectivity index (χ2v) is 8.05. The minimum Gasteiger partial charge on any atom is -0.481 e. The van der Waals surface area contributed by atoms with E-state index in [0.29, 0.717) is 24.1 Å². The third-order valence-corrected chi connectivity index (χ3v) is 5.47. The lowest BCUT2D eigenvalue weighted by atomic mass is 9.91. The van der Waals surface area contributed by atoms with E-state index in [4.69, 9.17) is 5.11 Å². The highest BCUT2D eigenvalue weighted by Crippen LogP contribution is 2.37. The van der Waals surface area contributed by atoms with Crippen LogP contribution in [0.3, 0.4) is 0 Å². The average Bonchev–Trinajstić information content (AvgIpc) is 2.64. The van der Waals surface area contributed by atoms with E-state index in [-0.39, 0.29) is 22.9 Å². The molecule has 1 saturated carbocycles. The molecule has 150 valence electrons. The van der Waals surface area contributed by atoms with Gasteiger partial charge in [0.2, 0.25) is 0 Å². The Kier molecular flexibility index (Phi) is 7.63. The molecule has 1 aliphatic rings. The summed E-state index contributed by atoms with van der Waals surface area (Å²) in [6, 6.07) is 5.67. The Balaban J connectivity index is 2.42. The van der Waals surface area contributed by atoms with Crippen LogP contribution in [-0.4, -0.2) is 28.6 Å². The minimum absolute atomic E-state index is 0.00860. The maximum Gasteiger partial charge on any atom is 0.303 e. The van der Waals surface area contributed by atoms with Crippen molar-refractivity contribution >= 4 is 17.3 Å². The molecular weight excluding hydrogens is 344 g/mol. The van der Waals surface area contributed by atoms with Crippen molar-refractivity contribution in [3.05, 3.63) is 33.9 Å². The molecule has 1 aromatic rings. The van der Waals surface area contributed by atoms with Crippen LogP contribution < -0.4 is 4.90 Å². The predicted octanol–water partition coefficient (Wildman–Crippen LogP) is 5.36. The summed E-state index contributed by atoms with van der Waals surface area (Å²) in [6.07, 6.45) is 6.35. The maximum absolute atomic E-state index is 11.8. The van der Waals surface area contributed by atoms with E-state index in [2.05, 4.69) is 18.7 Å². The topological polar surface area (TPSA) is 83.7 Å². The van der Waals surface area contributed by atoms with Gasteiger partial charge in [-0.05, 0) is 42.7 Å². The Morgan fingerprint density at radius 3 is 2.48 bits per heavy atom. The van der Waals surface area contributed by atoms with Crippen molar-refractivity contribution in [2.45, 2.75) is 77.7 Å². The first-order valence-electron chi connectivity index (χ1n) is 10.1. The summed E-state index contributed by atoms with van der Waals surface area (Å²) in [6.45, 7) is 6.98. The number of aliphatic carboxylic acids is 1. The summed E-state index contributed by atoms with van der Waals surface area (Å²) in [7, 11) is 0. The zero-order valence-electron chi connectivity index (χ0n) is 16.7. The molecule has 1 atom stereocenters. The van der Waals surface area contributed by atoms with Gasteiger partial charge in [0.05, 0.1) is 11.3 Å². The van der Waals surface area contributed by atoms with E-state index in [1.54, 1.807) is 6.07 Å². The van der Waals surface area contributed by atoms with E-state index in [9.17, 15) is 14.9 Å². The highest BCUT2D eigenvalue weighted by molar-refractivity contribution is 5.69. The van der Waals surface area contributed by atoms with E-state index >= 15 is 0 Å². The SMILES string of the molecule is CC[C@H](CC(=O)O)c1ccc(N(CC(C)C)C2CCCCC2)c([N+](=O)[O-])c1. The number of nitro groups is 1. The fourth-order valence-electron chi connectivity index (χ4n) is 4.12. The standard InChI is InChI=1S/C21H32N2O4/c1-4-16(13-21(24)25)17-10-11-19(20(12-17)23(26)27)22(14-15(2)3)18-8-6-5-7-9-18/h10-12,15-16,18H,4-9,13-14H2,1-3H3,(H,24,25)/t16-/m1/s1. The smallest absolute Gasteiger partial charge is 0.303 e. The van der Waals surface area contributed by atoms with Crippen LogP contribution in [0.25, 0.3) is 0 Å². The maximum atomic E-state index is 11.8. The summed E-state index contributed by atoms with van der Waals surface area (Å²) in [5.41, 5.74) is 1.51. The van der Waals surface area contributed by atoms with Gasteiger partial charge in [0.15, 0.2) is 0 Å². The van der Waals surface area contributed by atoms with Crippen molar-refractivity contribution in [3.63, 3.8) is 0 Å². The molecule has 6 nitrogen and oxygen atoms in total. The number of hydrogen-bond donors (Lipinski definition) is 1. The predicted molar refractivity (Wildman–Crippen MR) is 107 cm³/mol. The normalized spacial score (nSPS) is 16.3. The number of nitrogens with zero attached hydrogens (tertiary/aromatic N) is 2. The first kappa shape index (κ1) is 21.2. The number of carboxylic acid groups (broad SMARTS) is 1. The van der Waals surface area contributed by atoms with Gasteiger partial charge in [0.25, 0.3) is 5.69 Å². The summed E-state index contributed by atoms with van der Waals surface area (Å²) in [5.74, 6) is -0.678. The zero-order valence-corrected chi connectivity index (χ0v) is 16.7. The lowest BCUT2D eigenvalue weighted by Gasteiger charge is -2.37. The average molecular weight is 376 g/mol. The Bertz CT molecular complexity index is 654. The van der Waals surface area contributed by atoms with Crippen LogP contribution in [0.2, 0.25) is 0 Å². The Morgan fingerprint density at radius 1 is 1.30 bits per heavy atom. The van der Waals surface area contributed by atoms with Crippen LogP contribution in [0.15, 0.2) is 18.2 Å². The number of nitro benzene ring substituents is 1. The van der Waals surface area contributed by atoms with Gasteiger partial charge in [0, 0.05) is 18.7 Å². The largest absolute Gasteiger partial charge is 0.481 e. The molecule has 0 spiro atoms. The quantitative estimate of drug-likeness (QED) is 0.463. The summed E-state index contributed by atoms with van der Waals surface area (Å²) >= 11 is 0. The number of anilines is 1. The van der Waals surface area contributed by atoms with E-state index in [1.165, 1.54) is 19.3 Å². The van der Waals surface area contributed by atoms with Crippen molar-refractivity contribution < 1.29 is 14.8 Å². The number of carboxylic acids is 1. The third kappa shape index (κ3) is 5.68. The molecular formula is C21H32N2O4. The van der Waals surface area contributed by atoms with Crippen molar-refractivity contribution in [3.8, 4) is 0 Å². The molecule has 0 heterocycles. The molecule has 0 unspecified atom stereocenters. The van der Waals surface area contributed by atoms with Crippen LogP contribution >= 0.6 is 0 Å². The lowest BCUT2D eigenvalue weighted by Crippen LogP contribution is -2.39. The molecule has 1 aromatic carbocycles. The van der Waals surface area contributed by atoms with Crippen LogP contribution in [0.1, 0.15) is 77.2 Å². The lowest BCUT2D eigenvalue weighted by molar-refractivity contribution is -0.384. The van der Waals surface area contributed by atoms with Crippen molar-refractivity contribution in [1.82, 2.24) is 0 Å². The second kappa shape index (κ2) is 9.72. The van der Waals surface area contributed by atoms with Gasteiger partial charge in [-0.3, -0.25) is 14.9 Å². The second-order valence-electron chi connectivity index (χ2n) is 8.05. The highest BCUT2D eigenvalue weighted by Gasteiger charge is 2.28. The fraction of sp³-hybridized carbons (Fsp3) is 0.667. The number of hydrogen-bond acceptors (Lipinski definition) is 4. The molecule has 1 aliphatic carbocycles. The van der Waals surface area contributed by atoms with Gasteiger partial charge >= 0.3 is 5.97 Å². The zero-order chi connectivity index (χ0) is 20.0. The van der Waals surface area contributed by atoms with Gasteiger partial charge < -0.3 is 10.0 Å². The molecule has 0 aromatic heterocycles. The Hall–Kier alpha value is -2.11. The first-order chi connectivity index (χ1) is 12.8. The summed E-state index contributed by atoms with van der Waals surface area (Å²) < 4.78 is 0. The fourth-order valence-corrected chi connectivity index (χ4v) is 4.12. The number of carbonyl (C=O) groups is 1. The summed E-state index contributed by atoms with van der Waals surface area (Å²) in [5, 5.41) is 21.0. The first-order valence-corrected chi connectivity index (χ1v) is 10.1. The van der Waals surface area contributed by atoms with Gasteiger partial charge in [0.1, 0.15) is 5.69 Å². The Morgan fingerprint density at radius 2 is 1.96 bits per heavy atom. The Labute approximate surface area is 161 Å². The van der Waals surface area contributed by atoms with E-state index < -0.39 is 5.97 Å². The van der Waals surface area contributed by atoms with Crippen LogP contribution in [0, 0.1) is 16.0 Å². The van der Waals surface area contributed by atoms with Gasteiger partial charge in [-0.1, -0.05) is 46.1 Å². The van der Waals surface area contributed by atoms with Gasteiger partial charge in [-0.15, -0.1) is 0 Å². The minimum atomic E-state index is -0.878. The van der Waals surface area contributed by atoms with Crippen LogP contribution in [0.5, 0.6) is 0 Å². The highest BCUT2D eigenvalue weighted by atomic mass is 16.6. The number of benzene rings is 1. The van der Waals surface area contributed by atoms with E-state index in [0.717, 1.165) is 24.9 Å². The van der Waals surface area contributed by atoms with Gasteiger partial charge in [-0.25, -0.2) is 0 Å². The molecule has 1 fully saturated rings. The van der Waals surface area contributed by atoms with Crippen molar-refractivity contribution in [2.24, 2.45) is 5.92 Å². The molecule has 0 radical (unpaired) electrons. The molecule has 6 heteroatoms. The van der Waals surface area contributed by atoms with Gasteiger partial charge in [-0.2, -0.15) is 0 Å². The molecule has 0 saturated heterocycles. The molecule has 2 rings (SSSR count). The molecule has 0 bridgehead atoms. The van der Waals surface area contributed by atoms with Crippen LogP contribution in [-0.2, 0) is 4.79 Å². The monoisotopic (exact) mass is 376 g/mol. The van der Waals surface area contributed by atoms with Crippen molar-refractivity contribution in [1.29, 1.82) is 0 Å². The number of rotatable bonds is 9. The molecule has 0 amide bonds. The molecule has 1 N–H and O–H groups in total. The molecule has 0 aliphatic heterocycles. The van der Waals surface area contributed by atoms with E-state index in [1.807, 2.05) is 19.1 Å². The summed E-state index contributed by atoms with van der Waals surface area (Å²) in [4.78, 5) is 24.9. The third-order valence-electron chi connectivity index (χ3n) is 5.47. The van der Waals surface area contributed by atoms with Crippen LogP contribution in [0.4, 0.5) is 11.4 Å². The van der Waals surface area contributed by atoms with Crippen molar-refractivity contribution in [2.75, 3.05) is 11.4 Å².